The number of hydrogen-bond acceptors (Lipinski definition) is 4. The second-order valence-electron chi connectivity index (χ2n) is 7.84. The summed E-state index contributed by atoms with van der Waals surface area (Å²) < 4.78 is 2.00. The van der Waals surface area contributed by atoms with Gasteiger partial charge in [0.25, 0.3) is 5.91 Å². The van der Waals surface area contributed by atoms with E-state index < -0.39 is 0 Å². The van der Waals surface area contributed by atoms with E-state index in [2.05, 4.69) is 35.9 Å². The first kappa shape index (κ1) is 24.4. The maximum absolute atomic E-state index is 12.9. The van der Waals surface area contributed by atoms with Gasteiger partial charge in [0.2, 0.25) is 0 Å². The number of carbonyl (C=O) groups excluding carboxylic acids is 1. The molecule has 1 heterocycles. The summed E-state index contributed by atoms with van der Waals surface area (Å²) in [6.07, 6.45) is 1.80. The highest BCUT2D eigenvalue weighted by Gasteiger charge is 2.26. The predicted octanol–water partition coefficient (Wildman–Crippen LogP) is 6.50. The summed E-state index contributed by atoms with van der Waals surface area (Å²) in [4.78, 5) is 12.9. The fraction of sp³-hybridized carbons (Fsp3) is 0.292. The molecular formula is C24H26Cl2N4OS. The van der Waals surface area contributed by atoms with E-state index in [1.807, 2.05) is 47.9 Å². The van der Waals surface area contributed by atoms with Crippen LogP contribution in [0.15, 0.2) is 60.3 Å². The van der Waals surface area contributed by atoms with Gasteiger partial charge in [0.05, 0.1) is 16.1 Å². The Labute approximate surface area is 203 Å². The summed E-state index contributed by atoms with van der Waals surface area (Å²) in [6.45, 7) is 10.5. The topological polar surface area (TPSA) is 59.8 Å². The van der Waals surface area contributed by atoms with E-state index in [0.717, 1.165) is 16.3 Å². The van der Waals surface area contributed by atoms with Crippen molar-refractivity contribution in [3.63, 3.8) is 0 Å². The minimum absolute atomic E-state index is 0.116. The molecule has 2 aromatic carbocycles. The van der Waals surface area contributed by atoms with Gasteiger partial charge < -0.3 is 9.88 Å². The fourth-order valence-corrected chi connectivity index (χ4v) is 4.39. The van der Waals surface area contributed by atoms with E-state index in [9.17, 15) is 4.79 Å². The van der Waals surface area contributed by atoms with Crippen molar-refractivity contribution < 1.29 is 4.79 Å². The predicted molar refractivity (Wildman–Crippen MR) is 132 cm³/mol. The molecule has 0 aliphatic heterocycles. The third kappa shape index (κ3) is 5.94. The number of allylic oxidation sites excluding steroid dienone is 1. The van der Waals surface area contributed by atoms with E-state index in [4.69, 9.17) is 23.2 Å². The van der Waals surface area contributed by atoms with E-state index in [1.54, 1.807) is 23.9 Å². The highest BCUT2D eigenvalue weighted by molar-refractivity contribution is 7.98. The van der Waals surface area contributed by atoms with Crippen LogP contribution in [0.2, 0.25) is 10.0 Å². The number of nitrogens with zero attached hydrogens (tertiary/aromatic N) is 3. The number of aromatic nitrogens is 3. The lowest BCUT2D eigenvalue weighted by Crippen LogP contribution is -2.33. The van der Waals surface area contributed by atoms with Gasteiger partial charge in [-0.05, 0) is 42.7 Å². The smallest absolute Gasteiger partial charge is 0.251 e. The number of benzene rings is 2. The number of nitrogens with one attached hydrogen (secondary N) is 1. The minimum atomic E-state index is -0.296. The Morgan fingerprint density at radius 1 is 1.16 bits per heavy atom. The third-order valence-corrected chi connectivity index (χ3v) is 6.73. The average molecular weight is 489 g/mol. The average Bonchev–Trinajstić information content (AvgIpc) is 3.15. The van der Waals surface area contributed by atoms with Crippen molar-refractivity contribution in [1.82, 2.24) is 20.1 Å². The third-order valence-electron chi connectivity index (χ3n) is 4.95. The van der Waals surface area contributed by atoms with Gasteiger partial charge in [-0.2, -0.15) is 0 Å². The maximum atomic E-state index is 12.9. The van der Waals surface area contributed by atoms with Crippen molar-refractivity contribution in [1.29, 1.82) is 0 Å². The molecule has 8 heteroatoms. The van der Waals surface area contributed by atoms with E-state index in [0.29, 0.717) is 33.7 Å². The van der Waals surface area contributed by atoms with E-state index in [1.165, 1.54) is 0 Å². The van der Waals surface area contributed by atoms with Gasteiger partial charge in [0, 0.05) is 17.9 Å². The summed E-state index contributed by atoms with van der Waals surface area (Å²) in [6, 6.07) is 12.8. The van der Waals surface area contributed by atoms with Crippen LogP contribution >= 0.6 is 35.0 Å². The number of rotatable bonds is 9. The van der Waals surface area contributed by atoms with E-state index in [-0.39, 0.29) is 17.9 Å². The molecule has 0 fully saturated rings. The first-order valence-electron chi connectivity index (χ1n) is 10.3. The van der Waals surface area contributed by atoms with Crippen molar-refractivity contribution in [2.24, 2.45) is 5.92 Å². The molecule has 32 heavy (non-hydrogen) atoms. The molecule has 5 nitrogen and oxygen atoms in total. The van der Waals surface area contributed by atoms with Crippen LogP contribution in [-0.4, -0.2) is 20.7 Å². The molecule has 0 saturated carbocycles. The number of aryl methyl sites for hydroxylation is 1. The molecule has 0 radical (unpaired) electrons. The van der Waals surface area contributed by atoms with Gasteiger partial charge in [-0.25, -0.2) is 0 Å². The molecule has 0 aliphatic rings. The lowest BCUT2D eigenvalue weighted by atomic mass is 10.0. The Morgan fingerprint density at radius 3 is 2.50 bits per heavy atom. The Balaban J connectivity index is 1.82. The van der Waals surface area contributed by atoms with Gasteiger partial charge in [-0.3, -0.25) is 4.79 Å². The largest absolute Gasteiger partial charge is 0.342 e. The summed E-state index contributed by atoms with van der Waals surface area (Å²) in [7, 11) is 0. The molecular weight excluding hydrogens is 463 g/mol. The second-order valence-corrected chi connectivity index (χ2v) is 9.60. The minimum Gasteiger partial charge on any atom is -0.342 e. The van der Waals surface area contributed by atoms with E-state index >= 15 is 0 Å². The highest BCUT2D eigenvalue weighted by Crippen LogP contribution is 2.29. The molecule has 168 valence electrons. The summed E-state index contributed by atoms with van der Waals surface area (Å²) in [5.74, 6) is 1.35. The van der Waals surface area contributed by atoms with Crippen LogP contribution in [0.5, 0.6) is 0 Å². The summed E-state index contributed by atoms with van der Waals surface area (Å²) >= 11 is 13.7. The van der Waals surface area contributed by atoms with Gasteiger partial charge in [0.1, 0.15) is 0 Å². The van der Waals surface area contributed by atoms with Gasteiger partial charge in [-0.15, -0.1) is 16.8 Å². The molecule has 1 atom stereocenters. The number of hydrogen-bond donors (Lipinski definition) is 1. The lowest BCUT2D eigenvalue weighted by molar-refractivity contribution is 0.0922. The van der Waals surface area contributed by atoms with Gasteiger partial charge in [0.15, 0.2) is 11.0 Å². The van der Waals surface area contributed by atoms with Crippen LogP contribution in [-0.2, 0) is 12.3 Å². The molecule has 0 unspecified atom stereocenters. The van der Waals surface area contributed by atoms with Crippen LogP contribution < -0.4 is 5.32 Å². The molecule has 0 spiro atoms. The van der Waals surface area contributed by atoms with Crippen molar-refractivity contribution in [2.45, 2.75) is 44.3 Å². The van der Waals surface area contributed by atoms with Crippen molar-refractivity contribution in [3.05, 3.63) is 87.7 Å². The Kier molecular flexibility index (Phi) is 8.40. The van der Waals surface area contributed by atoms with Crippen molar-refractivity contribution in [3.8, 4) is 0 Å². The van der Waals surface area contributed by atoms with Crippen LogP contribution in [0.1, 0.15) is 47.2 Å². The standard InChI is InChI=1S/C24H26Cl2N4OS/c1-5-12-30-22(21(15(2)3)27-23(31)18-9-6-16(4)7-10-18)28-29-24(30)32-14-17-8-11-19(25)20(26)13-17/h5-11,13,15,21H,1,12,14H2,2-4H3,(H,27,31)/t21-/m0/s1. The summed E-state index contributed by atoms with van der Waals surface area (Å²) in [5.41, 5.74) is 2.76. The van der Waals surface area contributed by atoms with Crippen LogP contribution in [0.4, 0.5) is 0 Å². The first-order chi connectivity index (χ1) is 15.3. The molecule has 3 aromatic rings. The zero-order valence-corrected chi connectivity index (χ0v) is 20.6. The van der Waals surface area contributed by atoms with Crippen LogP contribution in [0, 0.1) is 12.8 Å². The number of halogens is 2. The summed E-state index contributed by atoms with van der Waals surface area (Å²) in [5, 5.41) is 13.8. The Hall–Kier alpha value is -2.28. The highest BCUT2D eigenvalue weighted by atomic mass is 35.5. The van der Waals surface area contributed by atoms with Crippen molar-refractivity contribution >= 4 is 40.9 Å². The quantitative estimate of drug-likeness (QED) is 0.275. The molecule has 0 bridgehead atoms. The Morgan fingerprint density at radius 2 is 1.88 bits per heavy atom. The molecule has 3 rings (SSSR count). The fourth-order valence-electron chi connectivity index (χ4n) is 3.17. The number of thioether (sulfide) groups is 1. The molecule has 0 saturated heterocycles. The molecule has 1 aromatic heterocycles. The molecule has 1 N–H and O–H groups in total. The lowest BCUT2D eigenvalue weighted by Gasteiger charge is -2.22. The van der Waals surface area contributed by atoms with Gasteiger partial charge >= 0.3 is 0 Å². The number of carbonyl (C=O) groups is 1. The van der Waals surface area contributed by atoms with Gasteiger partial charge in [-0.1, -0.05) is 78.6 Å². The SMILES string of the molecule is C=CCn1c(SCc2ccc(Cl)c(Cl)c2)nnc1[C@@H](NC(=O)c1ccc(C)cc1)C(C)C. The maximum Gasteiger partial charge on any atom is 0.251 e. The zero-order valence-electron chi connectivity index (χ0n) is 18.3. The van der Waals surface area contributed by atoms with Crippen molar-refractivity contribution in [2.75, 3.05) is 0 Å². The first-order valence-corrected chi connectivity index (χ1v) is 12.0. The van der Waals surface area contributed by atoms with Crippen LogP contribution in [0.25, 0.3) is 0 Å². The van der Waals surface area contributed by atoms with Crippen LogP contribution in [0.3, 0.4) is 0 Å². The molecule has 0 aliphatic carbocycles. The number of amides is 1. The molecule has 1 amide bonds. The Bertz CT molecular complexity index is 1100. The zero-order chi connectivity index (χ0) is 23.3. The normalized spacial score (nSPS) is 12.1. The second kappa shape index (κ2) is 11.0. The monoisotopic (exact) mass is 488 g/mol.